The Balaban J connectivity index is 1.90. The fraction of sp³-hybridized carbons (Fsp3) is 0.286. The highest BCUT2D eigenvalue weighted by atomic mass is 79.9. The van der Waals surface area contributed by atoms with Crippen molar-refractivity contribution in [3.63, 3.8) is 0 Å². The topological polar surface area (TPSA) is 58.6 Å². The monoisotopic (exact) mass is 556 g/mol. The lowest BCUT2D eigenvalue weighted by Gasteiger charge is -2.32. The molecule has 0 spiro atoms. The summed E-state index contributed by atoms with van der Waals surface area (Å²) in [6.07, 6.45) is 1.18. The number of halogens is 2. The Morgan fingerprint density at radius 2 is 1.63 bits per heavy atom. The summed E-state index contributed by atoms with van der Waals surface area (Å²) in [5.41, 5.74) is 1.90. The minimum absolute atomic E-state index is 0.00715. The second-order valence-electron chi connectivity index (χ2n) is 8.39. The van der Waals surface area contributed by atoms with Gasteiger partial charge in [-0.3, -0.25) is 9.59 Å². The minimum Gasteiger partial charge on any atom is -0.482 e. The van der Waals surface area contributed by atoms with Crippen LogP contribution in [-0.2, 0) is 22.6 Å². The molecule has 3 rings (SSSR count). The summed E-state index contributed by atoms with van der Waals surface area (Å²) in [5.74, 6) is -0.0752. The first-order chi connectivity index (χ1) is 16.9. The number of nitrogens with one attached hydrogen (secondary N) is 1. The molecule has 0 heterocycles. The average molecular weight is 558 g/mol. The number of benzene rings is 3. The predicted molar refractivity (Wildman–Crippen MR) is 143 cm³/mol. The van der Waals surface area contributed by atoms with Gasteiger partial charge >= 0.3 is 0 Å². The van der Waals surface area contributed by atoms with Crippen LogP contribution in [0, 0.1) is 0 Å². The minimum atomic E-state index is -0.705. The average Bonchev–Trinajstić information content (AvgIpc) is 2.86. The van der Waals surface area contributed by atoms with Crippen molar-refractivity contribution in [2.75, 3.05) is 6.61 Å². The van der Waals surface area contributed by atoms with E-state index in [1.54, 1.807) is 23.1 Å². The van der Waals surface area contributed by atoms with Crippen molar-refractivity contribution in [1.29, 1.82) is 0 Å². The summed E-state index contributed by atoms with van der Waals surface area (Å²) in [7, 11) is 0. The zero-order valence-corrected chi connectivity index (χ0v) is 22.3. The van der Waals surface area contributed by atoms with Crippen LogP contribution in [0.5, 0.6) is 5.75 Å². The highest BCUT2D eigenvalue weighted by Crippen LogP contribution is 2.28. The predicted octanol–water partition coefficient (Wildman–Crippen LogP) is 6.04. The first kappa shape index (κ1) is 26.8. The first-order valence-electron chi connectivity index (χ1n) is 11.6. The molecule has 2 amide bonds. The van der Waals surface area contributed by atoms with E-state index < -0.39 is 6.04 Å². The third-order valence-corrected chi connectivity index (χ3v) is 6.50. The molecule has 1 N–H and O–H groups in total. The van der Waals surface area contributed by atoms with Crippen LogP contribution < -0.4 is 10.1 Å². The highest BCUT2D eigenvalue weighted by Gasteiger charge is 2.31. The third-order valence-electron chi connectivity index (χ3n) is 5.71. The summed E-state index contributed by atoms with van der Waals surface area (Å²) in [4.78, 5) is 28.6. The van der Waals surface area contributed by atoms with E-state index in [4.69, 9.17) is 16.3 Å². The van der Waals surface area contributed by atoms with Crippen LogP contribution in [0.2, 0.25) is 5.02 Å². The van der Waals surface area contributed by atoms with Crippen LogP contribution in [0.3, 0.4) is 0 Å². The standard InChI is InChI=1S/C28H30BrClN2O3/c1-3-20(2)31-28(34)25(16-21-10-6-4-7-11-21)32(18-22-12-8-5-9-13-22)27(33)19-35-26-15-14-23(29)17-24(26)30/h4-15,17,20,25H,3,16,18-19H2,1-2H3,(H,31,34)/t20-,25-/m1/s1. The molecule has 0 saturated heterocycles. The van der Waals surface area contributed by atoms with Crippen LogP contribution in [0.4, 0.5) is 0 Å². The van der Waals surface area contributed by atoms with Gasteiger partial charge in [0.25, 0.3) is 5.91 Å². The van der Waals surface area contributed by atoms with Crippen molar-refractivity contribution in [2.24, 2.45) is 0 Å². The number of nitrogens with zero attached hydrogens (tertiary/aromatic N) is 1. The normalized spacial score (nSPS) is 12.5. The SMILES string of the molecule is CC[C@@H](C)NC(=O)[C@@H](Cc1ccccc1)N(Cc1ccccc1)C(=O)COc1ccc(Br)cc1Cl. The molecule has 0 unspecified atom stereocenters. The summed E-state index contributed by atoms with van der Waals surface area (Å²) < 4.78 is 6.60. The number of carbonyl (C=O) groups is 2. The lowest BCUT2D eigenvalue weighted by atomic mass is 10.0. The zero-order chi connectivity index (χ0) is 25.2. The molecule has 0 aliphatic heterocycles. The molecular formula is C28H30BrClN2O3. The summed E-state index contributed by atoms with van der Waals surface area (Å²) in [5, 5.41) is 3.46. The van der Waals surface area contributed by atoms with Crippen LogP contribution in [-0.4, -0.2) is 35.4 Å². The van der Waals surface area contributed by atoms with E-state index in [1.165, 1.54) is 0 Å². The molecule has 184 valence electrons. The molecule has 2 atom stereocenters. The molecule has 0 aliphatic carbocycles. The van der Waals surface area contributed by atoms with Gasteiger partial charge in [-0.15, -0.1) is 0 Å². The van der Waals surface area contributed by atoms with Gasteiger partial charge in [-0.2, -0.15) is 0 Å². The molecule has 3 aromatic rings. The smallest absolute Gasteiger partial charge is 0.261 e. The van der Waals surface area contributed by atoms with E-state index in [2.05, 4.69) is 21.2 Å². The second kappa shape index (κ2) is 13.3. The van der Waals surface area contributed by atoms with Gasteiger partial charge in [-0.25, -0.2) is 0 Å². The van der Waals surface area contributed by atoms with Gasteiger partial charge < -0.3 is 15.0 Å². The quantitative estimate of drug-likeness (QED) is 0.313. The Hall–Kier alpha value is -2.83. The molecule has 3 aromatic carbocycles. The third kappa shape index (κ3) is 8.11. The molecule has 35 heavy (non-hydrogen) atoms. The van der Waals surface area contributed by atoms with Gasteiger partial charge in [-0.1, -0.05) is 95.1 Å². The molecule has 0 aliphatic rings. The molecule has 7 heteroatoms. The van der Waals surface area contributed by atoms with Gasteiger partial charge in [-0.05, 0) is 42.7 Å². The van der Waals surface area contributed by atoms with Crippen molar-refractivity contribution in [2.45, 2.75) is 45.3 Å². The number of ether oxygens (including phenoxy) is 1. The maximum Gasteiger partial charge on any atom is 0.261 e. The Labute approximate surface area is 220 Å². The van der Waals surface area contributed by atoms with Gasteiger partial charge in [0.15, 0.2) is 6.61 Å². The van der Waals surface area contributed by atoms with Crippen LogP contribution in [0.1, 0.15) is 31.4 Å². The van der Waals surface area contributed by atoms with Crippen LogP contribution in [0.25, 0.3) is 0 Å². The van der Waals surface area contributed by atoms with Crippen molar-refractivity contribution in [3.05, 3.63) is 99.5 Å². The molecular weight excluding hydrogens is 528 g/mol. The Morgan fingerprint density at radius 3 is 2.23 bits per heavy atom. The lowest BCUT2D eigenvalue weighted by molar-refractivity contribution is -0.143. The second-order valence-corrected chi connectivity index (χ2v) is 9.72. The van der Waals surface area contributed by atoms with E-state index in [9.17, 15) is 9.59 Å². The van der Waals surface area contributed by atoms with Crippen LogP contribution in [0.15, 0.2) is 83.3 Å². The number of amides is 2. The molecule has 0 radical (unpaired) electrons. The van der Waals surface area contributed by atoms with E-state index >= 15 is 0 Å². The van der Waals surface area contributed by atoms with Crippen molar-refractivity contribution < 1.29 is 14.3 Å². The Kier molecular flexibility index (Phi) is 10.2. The molecule has 0 bridgehead atoms. The van der Waals surface area contributed by atoms with Gasteiger partial charge in [0, 0.05) is 23.5 Å². The first-order valence-corrected chi connectivity index (χ1v) is 12.8. The maximum atomic E-state index is 13.6. The van der Waals surface area contributed by atoms with Gasteiger partial charge in [0.2, 0.25) is 5.91 Å². The summed E-state index contributed by atoms with van der Waals surface area (Å²) in [6.45, 7) is 4.01. The van der Waals surface area contributed by atoms with Crippen LogP contribution >= 0.6 is 27.5 Å². The van der Waals surface area contributed by atoms with Crippen molar-refractivity contribution >= 4 is 39.3 Å². The molecule has 0 saturated carbocycles. The van der Waals surface area contributed by atoms with Crippen molar-refractivity contribution in [3.8, 4) is 5.75 Å². The fourth-order valence-corrected chi connectivity index (χ4v) is 4.32. The zero-order valence-electron chi connectivity index (χ0n) is 19.9. The summed E-state index contributed by atoms with van der Waals surface area (Å²) in [6, 6.07) is 23.9. The van der Waals surface area contributed by atoms with E-state index in [0.717, 1.165) is 22.0 Å². The molecule has 0 fully saturated rings. The number of carbonyl (C=O) groups excluding carboxylic acids is 2. The fourth-order valence-electron chi connectivity index (χ4n) is 3.59. The molecule has 5 nitrogen and oxygen atoms in total. The van der Waals surface area contributed by atoms with Gasteiger partial charge in [0.05, 0.1) is 5.02 Å². The Bertz CT molecular complexity index is 1110. The summed E-state index contributed by atoms with van der Waals surface area (Å²) >= 11 is 9.64. The number of hydrogen-bond acceptors (Lipinski definition) is 3. The van der Waals surface area contributed by atoms with E-state index in [1.807, 2.05) is 74.5 Å². The Morgan fingerprint density at radius 1 is 1.00 bits per heavy atom. The number of rotatable bonds is 11. The van der Waals surface area contributed by atoms with E-state index in [0.29, 0.717) is 17.2 Å². The van der Waals surface area contributed by atoms with E-state index in [-0.39, 0.29) is 31.0 Å². The maximum absolute atomic E-state index is 13.6. The van der Waals surface area contributed by atoms with Gasteiger partial charge in [0.1, 0.15) is 11.8 Å². The van der Waals surface area contributed by atoms with Crippen molar-refractivity contribution in [1.82, 2.24) is 10.2 Å². The highest BCUT2D eigenvalue weighted by molar-refractivity contribution is 9.10. The number of hydrogen-bond donors (Lipinski definition) is 1. The lowest BCUT2D eigenvalue weighted by Crippen LogP contribution is -2.53. The largest absolute Gasteiger partial charge is 0.482 e. The molecule has 0 aromatic heterocycles.